The molecule has 18 heavy (non-hydrogen) atoms. The smallest absolute Gasteiger partial charge is 0.0537 e. The van der Waals surface area contributed by atoms with Crippen LogP contribution in [0.5, 0.6) is 0 Å². The van der Waals surface area contributed by atoms with Gasteiger partial charge in [-0.2, -0.15) is 5.10 Å². The lowest BCUT2D eigenvalue weighted by molar-refractivity contribution is 0.572. The Kier molecular flexibility index (Phi) is 4.19. The number of hydrogen-bond donors (Lipinski definition) is 1. The minimum Gasteiger partial charge on any atom is -0.306 e. The third-order valence-corrected chi connectivity index (χ3v) is 3.83. The molecule has 1 aromatic heterocycles. The summed E-state index contributed by atoms with van der Waals surface area (Å²) in [6.45, 7) is 5.11. The van der Waals surface area contributed by atoms with Crippen LogP contribution in [0, 0.1) is 6.92 Å². The maximum atomic E-state index is 4.25. The van der Waals surface area contributed by atoms with E-state index in [-0.39, 0.29) is 0 Å². The number of benzene rings is 1. The van der Waals surface area contributed by atoms with Gasteiger partial charge < -0.3 is 5.32 Å². The Balaban J connectivity index is 1.98. The zero-order valence-electron chi connectivity index (χ0n) is 10.9. The molecule has 0 saturated heterocycles. The highest BCUT2D eigenvalue weighted by atomic mass is 79.9. The fourth-order valence-corrected chi connectivity index (χ4v) is 2.11. The molecule has 0 aliphatic carbocycles. The first kappa shape index (κ1) is 13.3. The van der Waals surface area contributed by atoms with Crippen molar-refractivity contribution in [2.45, 2.75) is 26.4 Å². The van der Waals surface area contributed by atoms with E-state index in [9.17, 15) is 0 Å². The Morgan fingerprint density at radius 3 is 2.56 bits per heavy atom. The molecule has 2 aromatic rings. The second kappa shape index (κ2) is 5.67. The van der Waals surface area contributed by atoms with E-state index in [0.717, 1.165) is 11.0 Å². The van der Waals surface area contributed by atoms with E-state index in [1.807, 2.05) is 17.9 Å². The standard InChI is InChI=1S/C14H18BrN3/c1-10(12-4-6-14(15)7-5-12)16-8-13-9-17-18(3)11(13)2/h4-7,9-10,16H,8H2,1-3H3/t10-/m0/s1. The molecule has 1 aromatic carbocycles. The quantitative estimate of drug-likeness (QED) is 0.939. The molecule has 0 fully saturated rings. The van der Waals surface area contributed by atoms with E-state index in [0.29, 0.717) is 6.04 Å². The first-order chi connectivity index (χ1) is 8.58. The predicted molar refractivity (Wildman–Crippen MR) is 77.3 cm³/mol. The Hall–Kier alpha value is -1.13. The highest BCUT2D eigenvalue weighted by Crippen LogP contribution is 2.17. The number of aryl methyl sites for hydroxylation is 1. The summed E-state index contributed by atoms with van der Waals surface area (Å²) in [7, 11) is 1.97. The highest BCUT2D eigenvalue weighted by Gasteiger charge is 2.07. The van der Waals surface area contributed by atoms with Gasteiger partial charge in [0.25, 0.3) is 0 Å². The van der Waals surface area contributed by atoms with Gasteiger partial charge in [0, 0.05) is 35.4 Å². The molecule has 0 spiro atoms. The first-order valence-corrected chi connectivity index (χ1v) is 6.83. The van der Waals surface area contributed by atoms with Crippen molar-refractivity contribution in [2.75, 3.05) is 0 Å². The van der Waals surface area contributed by atoms with Gasteiger partial charge in [-0.15, -0.1) is 0 Å². The molecule has 0 bridgehead atoms. The van der Waals surface area contributed by atoms with Gasteiger partial charge in [-0.1, -0.05) is 28.1 Å². The summed E-state index contributed by atoms with van der Waals surface area (Å²) in [6.07, 6.45) is 1.93. The second-order valence-corrected chi connectivity index (χ2v) is 5.45. The van der Waals surface area contributed by atoms with Crippen LogP contribution in [0.2, 0.25) is 0 Å². The average molecular weight is 308 g/mol. The summed E-state index contributed by atoms with van der Waals surface area (Å²) < 4.78 is 3.02. The predicted octanol–water partition coefficient (Wildman–Crippen LogP) is 3.34. The van der Waals surface area contributed by atoms with Crippen molar-refractivity contribution in [3.05, 3.63) is 51.8 Å². The molecule has 3 nitrogen and oxygen atoms in total. The minimum absolute atomic E-state index is 0.331. The van der Waals surface area contributed by atoms with Gasteiger partial charge >= 0.3 is 0 Å². The number of hydrogen-bond acceptors (Lipinski definition) is 2. The normalized spacial score (nSPS) is 12.7. The third kappa shape index (κ3) is 3.00. The summed E-state index contributed by atoms with van der Waals surface area (Å²) in [5.74, 6) is 0. The molecule has 0 saturated carbocycles. The van der Waals surface area contributed by atoms with Gasteiger partial charge in [0.15, 0.2) is 0 Å². The van der Waals surface area contributed by atoms with Gasteiger partial charge in [-0.05, 0) is 31.5 Å². The van der Waals surface area contributed by atoms with Crippen LogP contribution in [-0.2, 0) is 13.6 Å². The van der Waals surface area contributed by atoms with Crippen molar-refractivity contribution in [1.82, 2.24) is 15.1 Å². The number of rotatable bonds is 4. The van der Waals surface area contributed by atoms with E-state index in [1.54, 1.807) is 0 Å². The zero-order chi connectivity index (χ0) is 13.1. The van der Waals surface area contributed by atoms with Gasteiger partial charge in [0.2, 0.25) is 0 Å². The number of nitrogens with zero attached hydrogens (tertiary/aromatic N) is 2. The van der Waals surface area contributed by atoms with Crippen LogP contribution >= 0.6 is 15.9 Å². The lowest BCUT2D eigenvalue weighted by atomic mass is 10.1. The largest absolute Gasteiger partial charge is 0.306 e. The van der Waals surface area contributed by atoms with Crippen LogP contribution in [0.25, 0.3) is 0 Å². The van der Waals surface area contributed by atoms with Crippen LogP contribution in [0.4, 0.5) is 0 Å². The van der Waals surface area contributed by atoms with E-state index >= 15 is 0 Å². The molecular formula is C14H18BrN3. The van der Waals surface area contributed by atoms with Gasteiger partial charge in [-0.25, -0.2) is 0 Å². The fraction of sp³-hybridized carbons (Fsp3) is 0.357. The van der Waals surface area contributed by atoms with E-state index in [4.69, 9.17) is 0 Å². The monoisotopic (exact) mass is 307 g/mol. The Labute approximate surface area is 116 Å². The van der Waals surface area contributed by atoms with Crippen molar-refractivity contribution < 1.29 is 0 Å². The summed E-state index contributed by atoms with van der Waals surface area (Å²) in [4.78, 5) is 0. The Bertz CT molecular complexity index is 516. The summed E-state index contributed by atoms with van der Waals surface area (Å²) >= 11 is 3.45. The van der Waals surface area contributed by atoms with Crippen LogP contribution in [0.15, 0.2) is 34.9 Å². The summed E-state index contributed by atoms with van der Waals surface area (Å²) in [5.41, 5.74) is 3.76. The van der Waals surface area contributed by atoms with Gasteiger partial charge in [0.05, 0.1) is 6.20 Å². The molecule has 1 heterocycles. The van der Waals surface area contributed by atoms with Crippen LogP contribution < -0.4 is 5.32 Å². The van der Waals surface area contributed by atoms with Crippen molar-refractivity contribution in [2.24, 2.45) is 7.05 Å². The first-order valence-electron chi connectivity index (χ1n) is 6.04. The molecule has 0 unspecified atom stereocenters. The second-order valence-electron chi connectivity index (χ2n) is 4.53. The van der Waals surface area contributed by atoms with Crippen molar-refractivity contribution in [3.8, 4) is 0 Å². The molecule has 2 rings (SSSR count). The topological polar surface area (TPSA) is 29.9 Å². The van der Waals surface area contributed by atoms with E-state index < -0.39 is 0 Å². The highest BCUT2D eigenvalue weighted by molar-refractivity contribution is 9.10. The number of halogens is 1. The molecule has 1 N–H and O–H groups in total. The van der Waals surface area contributed by atoms with E-state index in [1.165, 1.54) is 16.8 Å². The SMILES string of the molecule is Cc1c(CN[C@@H](C)c2ccc(Br)cc2)cnn1C. The molecule has 96 valence electrons. The lowest BCUT2D eigenvalue weighted by Crippen LogP contribution is -2.18. The molecule has 0 amide bonds. The minimum atomic E-state index is 0.331. The summed E-state index contributed by atoms with van der Waals surface area (Å²) in [5, 5.41) is 7.77. The molecule has 4 heteroatoms. The maximum absolute atomic E-state index is 4.25. The van der Waals surface area contributed by atoms with Crippen LogP contribution in [0.3, 0.4) is 0 Å². The van der Waals surface area contributed by atoms with Gasteiger partial charge in [0.1, 0.15) is 0 Å². The maximum Gasteiger partial charge on any atom is 0.0537 e. The molecule has 0 aliphatic rings. The molecule has 1 atom stereocenters. The van der Waals surface area contributed by atoms with Crippen molar-refractivity contribution in [1.29, 1.82) is 0 Å². The summed E-state index contributed by atoms with van der Waals surface area (Å²) in [6, 6.07) is 8.75. The lowest BCUT2D eigenvalue weighted by Gasteiger charge is -2.14. The fourth-order valence-electron chi connectivity index (χ4n) is 1.85. The van der Waals surface area contributed by atoms with E-state index in [2.05, 4.69) is 64.5 Å². The Morgan fingerprint density at radius 1 is 1.33 bits per heavy atom. The molecule has 0 radical (unpaired) electrons. The average Bonchev–Trinajstić information content (AvgIpc) is 2.68. The zero-order valence-corrected chi connectivity index (χ0v) is 12.5. The Morgan fingerprint density at radius 2 is 2.00 bits per heavy atom. The van der Waals surface area contributed by atoms with Gasteiger partial charge in [-0.3, -0.25) is 4.68 Å². The van der Waals surface area contributed by atoms with Crippen molar-refractivity contribution in [3.63, 3.8) is 0 Å². The third-order valence-electron chi connectivity index (χ3n) is 3.31. The molecule has 0 aliphatic heterocycles. The number of nitrogens with one attached hydrogen (secondary N) is 1. The number of aromatic nitrogens is 2. The van der Waals surface area contributed by atoms with Crippen LogP contribution in [-0.4, -0.2) is 9.78 Å². The molecular weight excluding hydrogens is 290 g/mol. The van der Waals surface area contributed by atoms with Crippen molar-refractivity contribution >= 4 is 15.9 Å². The van der Waals surface area contributed by atoms with Crippen LogP contribution in [0.1, 0.15) is 29.8 Å².